The fourth-order valence-corrected chi connectivity index (χ4v) is 5.31. The van der Waals surface area contributed by atoms with E-state index in [1.165, 1.54) is 18.8 Å². The van der Waals surface area contributed by atoms with Crippen molar-refractivity contribution in [3.05, 3.63) is 54.4 Å². The maximum atomic E-state index is 12.9. The van der Waals surface area contributed by atoms with Crippen molar-refractivity contribution in [3.63, 3.8) is 0 Å². The molecular weight excluding hydrogens is 534 g/mol. The minimum Gasteiger partial charge on any atom is -0.415 e. The second-order valence-corrected chi connectivity index (χ2v) is 16.7. The number of piperidine rings is 1. The van der Waals surface area contributed by atoms with Crippen LogP contribution in [-0.2, 0) is 4.43 Å². The molecule has 0 radical (unpaired) electrons. The average molecular weight is 576 g/mol. The summed E-state index contributed by atoms with van der Waals surface area (Å²) in [6.45, 7) is 14.8. The third kappa shape index (κ3) is 8.13. The summed E-state index contributed by atoms with van der Waals surface area (Å²) in [7, 11) is -1.86. The van der Waals surface area contributed by atoms with Crippen LogP contribution >= 0.6 is 0 Å². The molecule has 218 valence electrons. The molecule has 0 aromatic carbocycles. The Hall–Kier alpha value is -3.79. The molecule has 41 heavy (non-hydrogen) atoms. The van der Waals surface area contributed by atoms with Crippen molar-refractivity contribution >= 4 is 31.5 Å². The summed E-state index contributed by atoms with van der Waals surface area (Å²) in [6, 6.07) is 5.69. The molecule has 3 aromatic heterocycles. The molecule has 0 saturated carbocycles. The lowest BCUT2D eigenvalue weighted by Crippen LogP contribution is -2.42. The predicted molar refractivity (Wildman–Crippen MR) is 163 cm³/mol. The van der Waals surface area contributed by atoms with Gasteiger partial charge in [0.05, 0.1) is 42.1 Å². The van der Waals surface area contributed by atoms with E-state index in [4.69, 9.17) is 9.69 Å². The second-order valence-electron chi connectivity index (χ2n) is 11.9. The highest BCUT2D eigenvalue weighted by Gasteiger charge is 2.36. The van der Waals surface area contributed by atoms with Crippen molar-refractivity contribution in [2.75, 3.05) is 43.4 Å². The normalized spacial score (nSPS) is 15.7. The first kappa shape index (κ1) is 30.2. The number of hydrogen-bond donors (Lipinski definition) is 4. The third-order valence-electron chi connectivity index (χ3n) is 7.78. The third-order valence-corrected chi connectivity index (χ3v) is 12.3. The van der Waals surface area contributed by atoms with E-state index in [1.54, 1.807) is 12.3 Å². The first-order chi connectivity index (χ1) is 19.6. The fraction of sp³-hybridized carbons (Fsp3) is 0.483. The molecular formula is C29H41N9O2Si. The SMILES string of the molecule is CC(C)(C)[Si](C)(C)OCCNC(=O)c1ccn(-c2cnc(Nc3cnc(C#N)cn3)cc2NCC2CCCNC2)c1. The number of nitriles is 1. The Morgan fingerprint density at radius 1 is 1.22 bits per heavy atom. The summed E-state index contributed by atoms with van der Waals surface area (Å²) in [4.78, 5) is 25.8. The van der Waals surface area contributed by atoms with Gasteiger partial charge in [-0.2, -0.15) is 5.26 Å². The van der Waals surface area contributed by atoms with Crippen LogP contribution in [0.1, 0.15) is 49.7 Å². The smallest absolute Gasteiger partial charge is 0.252 e. The Kier molecular flexibility index (Phi) is 9.75. The van der Waals surface area contributed by atoms with E-state index >= 15 is 0 Å². The van der Waals surface area contributed by atoms with E-state index in [9.17, 15) is 4.79 Å². The van der Waals surface area contributed by atoms with Gasteiger partial charge in [0.1, 0.15) is 17.7 Å². The van der Waals surface area contributed by atoms with Crippen LogP contribution in [0.3, 0.4) is 0 Å². The van der Waals surface area contributed by atoms with Gasteiger partial charge in [0.2, 0.25) is 0 Å². The molecule has 1 fully saturated rings. The molecule has 1 unspecified atom stereocenters. The highest BCUT2D eigenvalue weighted by Crippen LogP contribution is 2.36. The fourth-order valence-electron chi connectivity index (χ4n) is 4.27. The standard InChI is InChI=1S/C29H41N9O2Si/c1-29(2,3)41(4,5)40-12-10-32-28(39)22-8-11-38(20-22)25-18-36-26(37-27-19-33-23(14-30)17-35-27)13-24(25)34-16-21-7-6-9-31-15-21/h8,11,13,17-21,31H,6-7,9-10,12,15-16H2,1-5H3,(H,32,39)(H2,34,35,36,37). The number of nitrogens with one attached hydrogen (secondary N) is 4. The number of carbonyl (C=O) groups is 1. The average Bonchev–Trinajstić information content (AvgIpc) is 3.45. The molecule has 1 aliphatic heterocycles. The molecule has 11 nitrogen and oxygen atoms in total. The van der Waals surface area contributed by atoms with Crippen LogP contribution in [0.15, 0.2) is 43.1 Å². The molecule has 1 atom stereocenters. The number of nitrogens with zero attached hydrogens (tertiary/aromatic N) is 5. The monoisotopic (exact) mass is 575 g/mol. The van der Waals surface area contributed by atoms with Gasteiger partial charge in [0, 0.05) is 31.5 Å². The second kappa shape index (κ2) is 13.2. The molecule has 0 bridgehead atoms. The van der Waals surface area contributed by atoms with Gasteiger partial charge in [-0.15, -0.1) is 0 Å². The lowest BCUT2D eigenvalue weighted by Gasteiger charge is -2.36. The number of hydrogen-bond acceptors (Lipinski definition) is 9. The molecule has 1 aliphatic rings. The topological polar surface area (TPSA) is 142 Å². The number of amides is 1. The highest BCUT2D eigenvalue weighted by molar-refractivity contribution is 6.74. The molecule has 4 heterocycles. The van der Waals surface area contributed by atoms with Crippen molar-refractivity contribution in [1.82, 2.24) is 30.2 Å². The van der Waals surface area contributed by atoms with Crippen LogP contribution < -0.4 is 21.3 Å². The zero-order valence-corrected chi connectivity index (χ0v) is 25.6. The van der Waals surface area contributed by atoms with Gasteiger partial charge >= 0.3 is 0 Å². The summed E-state index contributed by atoms with van der Waals surface area (Å²) < 4.78 is 8.09. The number of pyridine rings is 1. The molecule has 1 amide bonds. The van der Waals surface area contributed by atoms with Crippen molar-refractivity contribution < 1.29 is 9.22 Å². The number of rotatable bonds is 11. The van der Waals surface area contributed by atoms with Crippen molar-refractivity contribution in [2.24, 2.45) is 5.92 Å². The van der Waals surface area contributed by atoms with Gasteiger partial charge in [0.25, 0.3) is 5.91 Å². The van der Waals surface area contributed by atoms with Crippen LogP contribution in [0.2, 0.25) is 18.1 Å². The first-order valence-electron chi connectivity index (χ1n) is 14.1. The minimum atomic E-state index is -1.86. The Bertz CT molecular complexity index is 1350. The number of aromatic nitrogens is 4. The van der Waals surface area contributed by atoms with E-state index in [0.717, 1.165) is 37.4 Å². The van der Waals surface area contributed by atoms with Gasteiger partial charge < -0.3 is 30.3 Å². The maximum absolute atomic E-state index is 12.9. The Morgan fingerprint density at radius 2 is 2.02 bits per heavy atom. The van der Waals surface area contributed by atoms with Gasteiger partial charge in [-0.3, -0.25) is 4.79 Å². The summed E-state index contributed by atoms with van der Waals surface area (Å²) >= 11 is 0. The van der Waals surface area contributed by atoms with E-state index in [-0.39, 0.29) is 16.6 Å². The summed E-state index contributed by atoms with van der Waals surface area (Å²) in [6.07, 6.45) is 10.7. The summed E-state index contributed by atoms with van der Waals surface area (Å²) in [5, 5.41) is 22.3. The largest absolute Gasteiger partial charge is 0.415 e. The number of carbonyl (C=O) groups excluding carboxylic acids is 1. The van der Waals surface area contributed by atoms with Crippen LogP contribution in [0.25, 0.3) is 5.69 Å². The van der Waals surface area contributed by atoms with Crippen LogP contribution in [0.5, 0.6) is 0 Å². The van der Waals surface area contributed by atoms with Crippen LogP contribution in [-0.4, -0.2) is 66.5 Å². The first-order valence-corrected chi connectivity index (χ1v) is 17.0. The highest BCUT2D eigenvalue weighted by atomic mass is 28.4. The van der Waals surface area contributed by atoms with E-state index in [0.29, 0.717) is 36.3 Å². The van der Waals surface area contributed by atoms with E-state index in [2.05, 4.69) is 70.1 Å². The van der Waals surface area contributed by atoms with Crippen LogP contribution in [0, 0.1) is 17.2 Å². The number of anilines is 3. The van der Waals surface area contributed by atoms with Crippen LogP contribution in [0.4, 0.5) is 17.3 Å². The predicted octanol–water partition coefficient (Wildman–Crippen LogP) is 4.44. The lowest BCUT2D eigenvalue weighted by molar-refractivity contribution is 0.0946. The molecule has 12 heteroatoms. The van der Waals surface area contributed by atoms with Gasteiger partial charge in [-0.25, -0.2) is 15.0 Å². The van der Waals surface area contributed by atoms with Crippen molar-refractivity contribution in [3.8, 4) is 11.8 Å². The molecule has 0 spiro atoms. The summed E-state index contributed by atoms with van der Waals surface area (Å²) in [5.74, 6) is 1.45. The maximum Gasteiger partial charge on any atom is 0.252 e. The van der Waals surface area contributed by atoms with Gasteiger partial charge in [0.15, 0.2) is 14.0 Å². The lowest BCUT2D eigenvalue weighted by atomic mass is 10.00. The molecule has 3 aromatic rings. The molecule has 4 rings (SSSR count). The van der Waals surface area contributed by atoms with Gasteiger partial charge in [-0.05, 0) is 56.0 Å². The zero-order chi connectivity index (χ0) is 29.5. The molecule has 0 aliphatic carbocycles. The quantitative estimate of drug-likeness (QED) is 0.193. The summed E-state index contributed by atoms with van der Waals surface area (Å²) in [5.41, 5.74) is 2.51. The van der Waals surface area contributed by atoms with Crippen molar-refractivity contribution in [1.29, 1.82) is 5.26 Å². The zero-order valence-electron chi connectivity index (χ0n) is 24.6. The molecule has 1 saturated heterocycles. The van der Waals surface area contributed by atoms with E-state index in [1.807, 2.05) is 29.1 Å². The van der Waals surface area contributed by atoms with Gasteiger partial charge in [-0.1, -0.05) is 20.8 Å². The minimum absolute atomic E-state index is 0.127. The van der Waals surface area contributed by atoms with E-state index < -0.39 is 8.32 Å². The Balaban J connectivity index is 1.46. The molecule has 4 N–H and O–H groups in total. The Morgan fingerprint density at radius 3 is 2.71 bits per heavy atom. The Labute approximate surface area is 243 Å². The van der Waals surface area contributed by atoms with Crippen molar-refractivity contribution in [2.45, 2.75) is 51.7 Å².